The maximum atomic E-state index is 12.5. The summed E-state index contributed by atoms with van der Waals surface area (Å²) in [5, 5.41) is 9.99. The van der Waals surface area contributed by atoms with Gasteiger partial charge < -0.3 is 5.32 Å². The van der Waals surface area contributed by atoms with Crippen molar-refractivity contribution in [3.63, 3.8) is 0 Å². The summed E-state index contributed by atoms with van der Waals surface area (Å²) in [7, 11) is 0. The van der Waals surface area contributed by atoms with E-state index >= 15 is 0 Å². The van der Waals surface area contributed by atoms with Crippen molar-refractivity contribution in [2.45, 2.75) is 26.3 Å². The van der Waals surface area contributed by atoms with Crippen LogP contribution in [0.2, 0.25) is 0 Å². The summed E-state index contributed by atoms with van der Waals surface area (Å²) in [6.07, 6.45) is -0.0102. The summed E-state index contributed by atoms with van der Waals surface area (Å²) in [6.45, 7) is 3.94. The number of anilines is 2. The van der Waals surface area contributed by atoms with Gasteiger partial charge in [-0.05, 0) is 25.5 Å². The SMILES string of the molecule is Cc1ccc(NC(=O)CC2C(=O)Nc3nc(-c4ccccc4)nn32)c(C)c1. The molecule has 3 aromatic rings. The van der Waals surface area contributed by atoms with Gasteiger partial charge in [-0.15, -0.1) is 5.10 Å². The maximum absolute atomic E-state index is 12.5. The third-order valence-electron chi connectivity index (χ3n) is 4.53. The van der Waals surface area contributed by atoms with Crippen molar-refractivity contribution in [3.8, 4) is 11.4 Å². The number of nitrogens with one attached hydrogen (secondary N) is 2. The third-order valence-corrected chi connectivity index (χ3v) is 4.53. The summed E-state index contributed by atoms with van der Waals surface area (Å²) in [5.74, 6) is 0.362. The fourth-order valence-corrected chi connectivity index (χ4v) is 3.15. The number of hydrogen-bond acceptors (Lipinski definition) is 4. The normalized spacial score (nSPS) is 15.3. The Morgan fingerprint density at radius 3 is 2.70 bits per heavy atom. The van der Waals surface area contributed by atoms with Crippen molar-refractivity contribution in [2.24, 2.45) is 0 Å². The van der Waals surface area contributed by atoms with Crippen LogP contribution in [0.25, 0.3) is 11.4 Å². The highest BCUT2D eigenvalue weighted by atomic mass is 16.2. The lowest BCUT2D eigenvalue weighted by molar-refractivity contribution is -0.123. The Kier molecular flexibility index (Phi) is 4.19. The smallest absolute Gasteiger partial charge is 0.252 e. The first-order valence-corrected chi connectivity index (χ1v) is 8.71. The van der Waals surface area contributed by atoms with Crippen LogP contribution in [0.5, 0.6) is 0 Å². The Morgan fingerprint density at radius 1 is 1.19 bits per heavy atom. The molecule has 136 valence electrons. The first kappa shape index (κ1) is 17.0. The monoisotopic (exact) mass is 361 g/mol. The van der Waals surface area contributed by atoms with Crippen LogP contribution < -0.4 is 10.6 Å². The molecule has 0 saturated heterocycles. The molecule has 7 nitrogen and oxygen atoms in total. The minimum Gasteiger partial charge on any atom is -0.326 e. The molecule has 2 N–H and O–H groups in total. The van der Waals surface area contributed by atoms with E-state index < -0.39 is 6.04 Å². The van der Waals surface area contributed by atoms with E-state index in [0.717, 1.165) is 22.4 Å². The van der Waals surface area contributed by atoms with Crippen LogP contribution in [0, 0.1) is 13.8 Å². The molecule has 2 heterocycles. The predicted molar refractivity (Wildman–Crippen MR) is 102 cm³/mol. The van der Waals surface area contributed by atoms with Gasteiger partial charge in [-0.25, -0.2) is 4.68 Å². The Labute approximate surface area is 156 Å². The third kappa shape index (κ3) is 3.31. The molecule has 1 unspecified atom stereocenters. The van der Waals surface area contributed by atoms with E-state index in [1.54, 1.807) is 0 Å². The molecule has 1 aromatic heterocycles. The second-order valence-corrected chi connectivity index (χ2v) is 6.65. The number of hydrogen-bond donors (Lipinski definition) is 2. The molecule has 1 atom stereocenters. The number of rotatable bonds is 4. The second kappa shape index (κ2) is 6.68. The number of fused-ring (bicyclic) bond motifs is 1. The molecule has 4 rings (SSSR count). The van der Waals surface area contributed by atoms with Gasteiger partial charge in [0.1, 0.15) is 6.04 Å². The van der Waals surface area contributed by atoms with Gasteiger partial charge in [0.15, 0.2) is 5.82 Å². The Bertz CT molecular complexity index is 1030. The summed E-state index contributed by atoms with van der Waals surface area (Å²) >= 11 is 0. The first-order chi connectivity index (χ1) is 13.0. The topological polar surface area (TPSA) is 88.9 Å². The summed E-state index contributed by atoms with van der Waals surface area (Å²) in [5.41, 5.74) is 3.70. The molecule has 0 radical (unpaired) electrons. The number of amides is 2. The number of carbonyl (C=O) groups excluding carboxylic acids is 2. The molecular formula is C20H19N5O2. The maximum Gasteiger partial charge on any atom is 0.252 e. The minimum atomic E-state index is -0.712. The minimum absolute atomic E-state index is 0.0102. The molecule has 0 spiro atoms. The van der Waals surface area contributed by atoms with Crippen LogP contribution in [-0.2, 0) is 9.59 Å². The van der Waals surface area contributed by atoms with Crippen LogP contribution in [0.1, 0.15) is 23.6 Å². The molecule has 0 aliphatic carbocycles. The van der Waals surface area contributed by atoms with Gasteiger partial charge in [0, 0.05) is 11.3 Å². The van der Waals surface area contributed by atoms with Gasteiger partial charge in [0.05, 0.1) is 6.42 Å². The van der Waals surface area contributed by atoms with Crippen LogP contribution >= 0.6 is 0 Å². The Morgan fingerprint density at radius 2 is 1.96 bits per heavy atom. The van der Waals surface area contributed by atoms with Crippen molar-refractivity contribution in [1.82, 2.24) is 14.8 Å². The average Bonchev–Trinajstić information content (AvgIpc) is 3.17. The van der Waals surface area contributed by atoms with Gasteiger partial charge in [-0.2, -0.15) is 4.98 Å². The first-order valence-electron chi connectivity index (χ1n) is 8.71. The van der Waals surface area contributed by atoms with Gasteiger partial charge in [-0.1, -0.05) is 48.0 Å². The zero-order valence-corrected chi connectivity index (χ0v) is 15.1. The number of carbonyl (C=O) groups is 2. The van der Waals surface area contributed by atoms with Crippen LogP contribution in [0.3, 0.4) is 0 Å². The predicted octanol–water partition coefficient (Wildman–Crippen LogP) is 3.08. The molecule has 0 fully saturated rings. The van der Waals surface area contributed by atoms with Gasteiger partial charge in [0.25, 0.3) is 5.91 Å². The van der Waals surface area contributed by atoms with Crippen LogP contribution in [0.15, 0.2) is 48.5 Å². The molecule has 1 aliphatic heterocycles. The lowest BCUT2D eigenvalue weighted by atomic mass is 10.1. The molecule has 1 aliphatic rings. The average molecular weight is 361 g/mol. The number of aromatic nitrogens is 3. The van der Waals surface area contributed by atoms with Gasteiger partial charge >= 0.3 is 0 Å². The fraction of sp³-hybridized carbons (Fsp3) is 0.200. The fourth-order valence-electron chi connectivity index (χ4n) is 3.15. The molecule has 0 bridgehead atoms. The summed E-state index contributed by atoms with van der Waals surface area (Å²) in [4.78, 5) is 29.1. The zero-order valence-electron chi connectivity index (χ0n) is 15.1. The molecular weight excluding hydrogens is 342 g/mol. The molecule has 0 saturated carbocycles. The van der Waals surface area contributed by atoms with E-state index in [4.69, 9.17) is 0 Å². The van der Waals surface area contributed by atoms with Crippen LogP contribution in [-0.4, -0.2) is 26.6 Å². The second-order valence-electron chi connectivity index (χ2n) is 6.65. The zero-order chi connectivity index (χ0) is 19.0. The summed E-state index contributed by atoms with van der Waals surface area (Å²) < 4.78 is 1.49. The Balaban J connectivity index is 1.52. The number of benzene rings is 2. The van der Waals surface area contributed by atoms with Crippen molar-refractivity contribution in [2.75, 3.05) is 10.6 Å². The van der Waals surface area contributed by atoms with Crippen molar-refractivity contribution in [3.05, 3.63) is 59.7 Å². The lowest BCUT2D eigenvalue weighted by Gasteiger charge is -2.12. The molecule has 2 amide bonds. The van der Waals surface area contributed by atoms with Crippen molar-refractivity contribution >= 4 is 23.5 Å². The Hall–Kier alpha value is -3.48. The number of aryl methyl sites for hydroxylation is 2. The molecule has 7 heteroatoms. The quantitative estimate of drug-likeness (QED) is 0.747. The lowest BCUT2D eigenvalue weighted by Crippen LogP contribution is -2.24. The van der Waals surface area contributed by atoms with E-state index in [9.17, 15) is 9.59 Å². The molecule has 2 aromatic carbocycles. The van der Waals surface area contributed by atoms with Crippen molar-refractivity contribution in [1.29, 1.82) is 0 Å². The van der Waals surface area contributed by atoms with E-state index in [2.05, 4.69) is 20.7 Å². The van der Waals surface area contributed by atoms with Gasteiger partial charge in [-0.3, -0.25) is 14.9 Å². The van der Waals surface area contributed by atoms with E-state index in [0.29, 0.717) is 11.8 Å². The van der Waals surface area contributed by atoms with Crippen LogP contribution in [0.4, 0.5) is 11.6 Å². The standard InChI is InChI=1S/C20H19N5O2/c1-12-8-9-15(13(2)10-12)21-17(26)11-16-19(27)23-20-22-18(24-25(16)20)14-6-4-3-5-7-14/h3-10,16H,11H2,1-2H3,(H,21,26)(H,22,23,24,27). The van der Waals surface area contributed by atoms with E-state index in [1.165, 1.54) is 4.68 Å². The number of nitrogens with zero attached hydrogens (tertiary/aromatic N) is 3. The highest BCUT2D eigenvalue weighted by Gasteiger charge is 2.35. The van der Waals surface area contributed by atoms with E-state index in [-0.39, 0.29) is 18.2 Å². The summed E-state index contributed by atoms with van der Waals surface area (Å²) in [6, 6.07) is 14.6. The van der Waals surface area contributed by atoms with E-state index in [1.807, 2.05) is 62.4 Å². The highest BCUT2D eigenvalue weighted by molar-refractivity contribution is 6.01. The van der Waals surface area contributed by atoms with Crippen molar-refractivity contribution < 1.29 is 9.59 Å². The largest absolute Gasteiger partial charge is 0.326 e. The highest BCUT2D eigenvalue weighted by Crippen LogP contribution is 2.28. The van der Waals surface area contributed by atoms with Gasteiger partial charge in [0.2, 0.25) is 11.9 Å². The molecule has 27 heavy (non-hydrogen) atoms.